The molecule has 1 rings (SSSR count). The van der Waals surface area contributed by atoms with Crippen molar-refractivity contribution in [1.82, 2.24) is 0 Å². The Balaban J connectivity index is 0.00000106. The zero-order valence-corrected chi connectivity index (χ0v) is 11.5. The predicted octanol–water partition coefficient (Wildman–Crippen LogP) is 5.48. The van der Waals surface area contributed by atoms with Gasteiger partial charge in [-0.1, -0.05) is 64.5 Å². The van der Waals surface area contributed by atoms with Crippen LogP contribution in [0.3, 0.4) is 0 Å². The van der Waals surface area contributed by atoms with Gasteiger partial charge in [-0.15, -0.1) is 0 Å². The van der Waals surface area contributed by atoms with Gasteiger partial charge in [0.25, 0.3) is 0 Å². The zero-order chi connectivity index (χ0) is 12.4. The molecule has 0 saturated carbocycles. The lowest BCUT2D eigenvalue weighted by Crippen LogP contribution is -1.92. The SMILES string of the molecule is C/C=C(/CC)c1ccccc1CCC.CC. The Morgan fingerprint density at radius 1 is 1.12 bits per heavy atom. The molecule has 0 unspecified atom stereocenters. The first-order chi connectivity index (χ1) is 7.83. The number of allylic oxidation sites excluding steroid dienone is 2. The summed E-state index contributed by atoms with van der Waals surface area (Å²) < 4.78 is 0. The molecule has 0 atom stereocenters. The molecule has 0 heteroatoms. The average molecular weight is 218 g/mol. The molecular formula is C16H26. The molecule has 0 N–H and O–H groups in total. The fourth-order valence-electron chi connectivity index (χ4n) is 1.87. The second-order valence-corrected chi connectivity index (χ2v) is 3.57. The third-order valence-electron chi connectivity index (χ3n) is 2.61. The second kappa shape index (κ2) is 9.21. The van der Waals surface area contributed by atoms with Crippen LogP contribution in [-0.2, 0) is 6.42 Å². The minimum Gasteiger partial charge on any atom is -0.0838 e. The number of hydrogen-bond donors (Lipinski definition) is 0. The lowest BCUT2D eigenvalue weighted by atomic mass is 9.95. The standard InChI is InChI=1S/C14H20.C2H6/c1-4-9-13-10-7-8-11-14(13)12(5-2)6-3;1-2/h5,7-8,10-11H,4,6,9H2,1-3H3;1-2H3/b12-5-;. The normalized spacial score (nSPS) is 10.7. The molecule has 0 aromatic heterocycles. The van der Waals surface area contributed by atoms with Crippen LogP contribution in [0.2, 0.25) is 0 Å². The number of benzene rings is 1. The molecule has 0 aliphatic rings. The van der Waals surface area contributed by atoms with Crippen molar-refractivity contribution in [3.05, 3.63) is 41.5 Å². The lowest BCUT2D eigenvalue weighted by Gasteiger charge is -2.10. The van der Waals surface area contributed by atoms with Crippen LogP contribution in [0.15, 0.2) is 30.3 Å². The Morgan fingerprint density at radius 3 is 2.25 bits per heavy atom. The maximum Gasteiger partial charge on any atom is -0.0196 e. The second-order valence-electron chi connectivity index (χ2n) is 3.57. The lowest BCUT2D eigenvalue weighted by molar-refractivity contribution is 0.916. The van der Waals surface area contributed by atoms with E-state index < -0.39 is 0 Å². The van der Waals surface area contributed by atoms with Crippen molar-refractivity contribution in [3.8, 4) is 0 Å². The summed E-state index contributed by atoms with van der Waals surface area (Å²) in [6.45, 7) is 10.6. The van der Waals surface area contributed by atoms with Crippen molar-refractivity contribution in [2.75, 3.05) is 0 Å². The summed E-state index contributed by atoms with van der Waals surface area (Å²) in [5.41, 5.74) is 4.40. The van der Waals surface area contributed by atoms with Gasteiger partial charge in [0.1, 0.15) is 0 Å². The van der Waals surface area contributed by atoms with Crippen LogP contribution >= 0.6 is 0 Å². The Labute approximate surface area is 101 Å². The Hall–Kier alpha value is -1.04. The zero-order valence-electron chi connectivity index (χ0n) is 11.5. The summed E-state index contributed by atoms with van der Waals surface area (Å²) in [5, 5.41) is 0. The van der Waals surface area contributed by atoms with E-state index in [0.29, 0.717) is 0 Å². The van der Waals surface area contributed by atoms with Crippen LogP contribution in [0.4, 0.5) is 0 Å². The van der Waals surface area contributed by atoms with Crippen LogP contribution in [-0.4, -0.2) is 0 Å². The third kappa shape index (κ3) is 4.22. The van der Waals surface area contributed by atoms with E-state index in [0.717, 1.165) is 6.42 Å². The topological polar surface area (TPSA) is 0 Å². The molecule has 0 amide bonds. The first-order valence-corrected chi connectivity index (χ1v) is 6.56. The van der Waals surface area contributed by atoms with Crippen molar-refractivity contribution < 1.29 is 0 Å². The molecule has 0 bridgehead atoms. The van der Waals surface area contributed by atoms with Crippen molar-refractivity contribution in [2.24, 2.45) is 0 Å². The summed E-state index contributed by atoms with van der Waals surface area (Å²) in [5.74, 6) is 0. The summed E-state index contributed by atoms with van der Waals surface area (Å²) in [7, 11) is 0. The van der Waals surface area contributed by atoms with Gasteiger partial charge in [0.2, 0.25) is 0 Å². The molecule has 1 aromatic rings. The monoisotopic (exact) mass is 218 g/mol. The van der Waals surface area contributed by atoms with E-state index in [4.69, 9.17) is 0 Å². The molecule has 0 fully saturated rings. The fourth-order valence-corrected chi connectivity index (χ4v) is 1.87. The van der Waals surface area contributed by atoms with Crippen molar-refractivity contribution in [1.29, 1.82) is 0 Å². The highest BCUT2D eigenvalue weighted by molar-refractivity contribution is 5.67. The maximum absolute atomic E-state index is 2.25. The molecular weight excluding hydrogens is 192 g/mol. The fraction of sp³-hybridized carbons (Fsp3) is 0.500. The largest absolute Gasteiger partial charge is 0.0838 e. The minimum atomic E-state index is 1.12. The first kappa shape index (κ1) is 15.0. The Morgan fingerprint density at radius 2 is 1.75 bits per heavy atom. The molecule has 0 aliphatic carbocycles. The highest BCUT2D eigenvalue weighted by atomic mass is 14.1. The molecule has 0 spiro atoms. The molecule has 90 valence electrons. The highest BCUT2D eigenvalue weighted by Gasteiger charge is 2.03. The third-order valence-corrected chi connectivity index (χ3v) is 2.61. The Kier molecular flexibility index (Phi) is 8.61. The smallest absolute Gasteiger partial charge is 0.0196 e. The van der Waals surface area contributed by atoms with Crippen molar-refractivity contribution >= 4 is 5.57 Å². The molecule has 0 nitrogen and oxygen atoms in total. The van der Waals surface area contributed by atoms with Crippen molar-refractivity contribution in [3.63, 3.8) is 0 Å². The molecule has 0 radical (unpaired) electrons. The van der Waals surface area contributed by atoms with Gasteiger partial charge in [-0.05, 0) is 36.5 Å². The maximum atomic E-state index is 2.25. The predicted molar refractivity (Wildman–Crippen MR) is 75.7 cm³/mol. The molecule has 0 aliphatic heterocycles. The van der Waals surface area contributed by atoms with Gasteiger partial charge in [-0.2, -0.15) is 0 Å². The minimum absolute atomic E-state index is 1.12. The van der Waals surface area contributed by atoms with Gasteiger partial charge in [-0.3, -0.25) is 0 Å². The van der Waals surface area contributed by atoms with Crippen LogP contribution in [0.1, 0.15) is 58.6 Å². The average Bonchev–Trinajstić information content (AvgIpc) is 2.36. The van der Waals surface area contributed by atoms with Crippen LogP contribution in [0, 0.1) is 0 Å². The summed E-state index contributed by atoms with van der Waals surface area (Å²) in [6, 6.07) is 8.76. The molecule has 0 heterocycles. The van der Waals surface area contributed by atoms with Gasteiger partial charge < -0.3 is 0 Å². The van der Waals surface area contributed by atoms with E-state index in [2.05, 4.69) is 51.1 Å². The van der Waals surface area contributed by atoms with E-state index in [1.54, 1.807) is 0 Å². The van der Waals surface area contributed by atoms with Gasteiger partial charge in [0.15, 0.2) is 0 Å². The number of rotatable bonds is 4. The van der Waals surface area contributed by atoms with Crippen LogP contribution < -0.4 is 0 Å². The van der Waals surface area contributed by atoms with Gasteiger partial charge >= 0.3 is 0 Å². The van der Waals surface area contributed by atoms with E-state index in [9.17, 15) is 0 Å². The van der Waals surface area contributed by atoms with Crippen molar-refractivity contribution in [2.45, 2.75) is 53.9 Å². The molecule has 16 heavy (non-hydrogen) atoms. The Bertz CT molecular complexity index is 308. The van der Waals surface area contributed by atoms with E-state index in [1.807, 2.05) is 13.8 Å². The van der Waals surface area contributed by atoms with E-state index in [1.165, 1.54) is 29.5 Å². The summed E-state index contributed by atoms with van der Waals surface area (Å²) in [6.07, 6.45) is 5.76. The number of hydrogen-bond acceptors (Lipinski definition) is 0. The van der Waals surface area contributed by atoms with Crippen LogP contribution in [0.25, 0.3) is 5.57 Å². The highest BCUT2D eigenvalue weighted by Crippen LogP contribution is 2.22. The summed E-state index contributed by atoms with van der Waals surface area (Å²) in [4.78, 5) is 0. The summed E-state index contributed by atoms with van der Waals surface area (Å²) >= 11 is 0. The van der Waals surface area contributed by atoms with E-state index >= 15 is 0 Å². The van der Waals surface area contributed by atoms with Gasteiger partial charge in [0.05, 0.1) is 0 Å². The quantitative estimate of drug-likeness (QED) is 0.628. The van der Waals surface area contributed by atoms with E-state index in [-0.39, 0.29) is 0 Å². The first-order valence-electron chi connectivity index (χ1n) is 6.56. The van der Waals surface area contributed by atoms with Gasteiger partial charge in [-0.25, -0.2) is 0 Å². The van der Waals surface area contributed by atoms with Gasteiger partial charge in [0, 0.05) is 0 Å². The number of aryl methyl sites for hydroxylation is 1. The van der Waals surface area contributed by atoms with Crippen LogP contribution in [0.5, 0.6) is 0 Å². The molecule has 0 saturated heterocycles. The molecule has 1 aromatic carbocycles.